The Labute approximate surface area is 126 Å². The minimum absolute atomic E-state index is 0.556. The van der Waals surface area contributed by atoms with Crippen molar-refractivity contribution in [3.8, 4) is 0 Å². The topological polar surface area (TPSA) is 42.2 Å². The standard InChI is InChI=1S/C14H12Cl2N4/c1-9-6-13-17-4-5-20(13)19-14(9)18-8-10-2-3-11(15)12(16)7-10/h2-7H,8H2,1H3,(H,18,19). The van der Waals surface area contributed by atoms with Crippen LogP contribution in [0.1, 0.15) is 11.1 Å². The third-order valence-corrected chi connectivity index (χ3v) is 3.76. The molecule has 0 aliphatic heterocycles. The Morgan fingerprint density at radius 2 is 2.05 bits per heavy atom. The number of halogens is 2. The van der Waals surface area contributed by atoms with Crippen molar-refractivity contribution in [2.24, 2.45) is 0 Å². The molecule has 0 saturated carbocycles. The summed E-state index contributed by atoms with van der Waals surface area (Å²) in [7, 11) is 0. The minimum atomic E-state index is 0.556. The van der Waals surface area contributed by atoms with Gasteiger partial charge in [-0.25, -0.2) is 9.50 Å². The monoisotopic (exact) mass is 306 g/mol. The van der Waals surface area contributed by atoms with Gasteiger partial charge in [-0.15, -0.1) is 5.10 Å². The number of rotatable bonds is 3. The van der Waals surface area contributed by atoms with Gasteiger partial charge in [0.2, 0.25) is 0 Å². The van der Waals surface area contributed by atoms with E-state index in [1.165, 1.54) is 0 Å². The molecule has 2 heterocycles. The summed E-state index contributed by atoms with van der Waals surface area (Å²) in [6, 6.07) is 7.57. The molecular weight excluding hydrogens is 295 g/mol. The molecule has 1 aromatic carbocycles. The summed E-state index contributed by atoms with van der Waals surface area (Å²) in [5.41, 5.74) is 2.93. The number of nitrogens with zero attached hydrogens (tertiary/aromatic N) is 3. The van der Waals surface area contributed by atoms with Crippen molar-refractivity contribution in [1.29, 1.82) is 0 Å². The van der Waals surface area contributed by atoms with Crippen LogP contribution in [-0.4, -0.2) is 14.6 Å². The van der Waals surface area contributed by atoms with E-state index < -0.39 is 0 Å². The van der Waals surface area contributed by atoms with E-state index in [0.29, 0.717) is 16.6 Å². The largest absolute Gasteiger partial charge is 0.364 e. The smallest absolute Gasteiger partial charge is 0.153 e. The first-order valence-electron chi connectivity index (χ1n) is 6.12. The first-order chi connectivity index (χ1) is 9.63. The van der Waals surface area contributed by atoms with E-state index in [0.717, 1.165) is 22.6 Å². The van der Waals surface area contributed by atoms with E-state index in [2.05, 4.69) is 15.4 Å². The Bertz CT molecular complexity index is 767. The summed E-state index contributed by atoms with van der Waals surface area (Å²) in [6.45, 7) is 2.63. The zero-order chi connectivity index (χ0) is 14.1. The number of aromatic nitrogens is 3. The SMILES string of the molecule is Cc1cc2nccn2nc1NCc1ccc(Cl)c(Cl)c1. The summed E-state index contributed by atoms with van der Waals surface area (Å²) in [6.07, 6.45) is 3.55. The predicted molar refractivity (Wildman–Crippen MR) is 81.5 cm³/mol. The molecule has 0 unspecified atom stereocenters. The second-order valence-electron chi connectivity index (χ2n) is 4.51. The van der Waals surface area contributed by atoms with Crippen LogP contribution >= 0.6 is 23.2 Å². The van der Waals surface area contributed by atoms with Gasteiger partial charge in [-0.05, 0) is 36.2 Å². The lowest BCUT2D eigenvalue weighted by Gasteiger charge is -2.09. The molecule has 6 heteroatoms. The molecule has 0 spiro atoms. The molecule has 0 saturated heterocycles. The van der Waals surface area contributed by atoms with Crippen molar-refractivity contribution >= 4 is 34.7 Å². The normalized spacial score (nSPS) is 10.9. The molecule has 3 aromatic rings. The fourth-order valence-electron chi connectivity index (χ4n) is 1.96. The van der Waals surface area contributed by atoms with Gasteiger partial charge in [0.15, 0.2) is 5.65 Å². The van der Waals surface area contributed by atoms with Crippen molar-refractivity contribution in [3.05, 3.63) is 57.8 Å². The maximum Gasteiger partial charge on any atom is 0.153 e. The van der Waals surface area contributed by atoms with Crippen molar-refractivity contribution in [2.75, 3.05) is 5.32 Å². The third kappa shape index (κ3) is 2.57. The maximum absolute atomic E-state index is 6.00. The van der Waals surface area contributed by atoms with Gasteiger partial charge >= 0.3 is 0 Å². The Morgan fingerprint density at radius 1 is 1.20 bits per heavy atom. The Hall–Kier alpha value is -1.78. The highest BCUT2D eigenvalue weighted by Crippen LogP contribution is 2.23. The summed E-state index contributed by atoms with van der Waals surface area (Å²) >= 11 is 11.9. The summed E-state index contributed by atoms with van der Waals surface area (Å²) in [4.78, 5) is 4.20. The Kier molecular flexibility index (Phi) is 3.51. The number of anilines is 1. The number of benzene rings is 1. The Balaban J connectivity index is 1.82. The third-order valence-electron chi connectivity index (χ3n) is 3.02. The van der Waals surface area contributed by atoms with Gasteiger partial charge in [0.1, 0.15) is 5.82 Å². The van der Waals surface area contributed by atoms with Crippen LogP contribution in [0.25, 0.3) is 5.65 Å². The van der Waals surface area contributed by atoms with Crippen molar-refractivity contribution in [1.82, 2.24) is 14.6 Å². The van der Waals surface area contributed by atoms with E-state index in [1.807, 2.05) is 31.3 Å². The highest BCUT2D eigenvalue weighted by molar-refractivity contribution is 6.42. The maximum atomic E-state index is 6.00. The number of hydrogen-bond acceptors (Lipinski definition) is 3. The lowest BCUT2D eigenvalue weighted by Crippen LogP contribution is -2.06. The van der Waals surface area contributed by atoms with Crippen LogP contribution < -0.4 is 5.32 Å². The molecule has 0 aliphatic rings. The average molecular weight is 307 g/mol. The molecular formula is C14H12Cl2N4. The zero-order valence-corrected chi connectivity index (χ0v) is 12.3. The molecule has 2 aromatic heterocycles. The van der Waals surface area contributed by atoms with Crippen LogP contribution in [0.2, 0.25) is 10.0 Å². The summed E-state index contributed by atoms with van der Waals surface area (Å²) in [5, 5.41) is 8.89. The Morgan fingerprint density at radius 3 is 2.85 bits per heavy atom. The van der Waals surface area contributed by atoms with Crippen LogP contribution in [0.3, 0.4) is 0 Å². The van der Waals surface area contributed by atoms with Gasteiger partial charge in [-0.1, -0.05) is 29.3 Å². The van der Waals surface area contributed by atoms with Gasteiger partial charge in [0.05, 0.1) is 10.0 Å². The van der Waals surface area contributed by atoms with Crippen molar-refractivity contribution in [2.45, 2.75) is 13.5 Å². The molecule has 0 radical (unpaired) electrons. The van der Waals surface area contributed by atoms with Crippen LogP contribution in [0.5, 0.6) is 0 Å². The van der Waals surface area contributed by atoms with Gasteiger partial charge in [0, 0.05) is 18.9 Å². The second-order valence-corrected chi connectivity index (χ2v) is 5.32. The van der Waals surface area contributed by atoms with E-state index >= 15 is 0 Å². The van der Waals surface area contributed by atoms with Gasteiger partial charge in [0.25, 0.3) is 0 Å². The second kappa shape index (κ2) is 5.31. The predicted octanol–water partition coefficient (Wildman–Crippen LogP) is 3.96. The van der Waals surface area contributed by atoms with Gasteiger partial charge < -0.3 is 5.32 Å². The highest BCUT2D eigenvalue weighted by Gasteiger charge is 2.05. The lowest BCUT2D eigenvalue weighted by molar-refractivity contribution is 0.916. The minimum Gasteiger partial charge on any atom is -0.364 e. The van der Waals surface area contributed by atoms with Gasteiger partial charge in [-0.2, -0.15) is 0 Å². The van der Waals surface area contributed by atoms with Gasteiger partial charge in [-0.3, -0.25) is 0 Å². The summed E-state index contributed by atoms with van der Waals surface area (Å²) in [5.74, 6) is 0.821. The van der Waals surface area contributed by atoms with Crippen LogP contribution in [0.15, 0.2) is 36.7 Å². The highest BCUT2D eigenvalue weighted by atomic mass is 35.5. The van der Waals surface area contributed by atoms with Crippen LogP contribution in [0.4, 0.5) is 5.82 Å². The number of hydrogen-bond donors (Lipinski definition) is 1. The quantitative estimate of drug-likeness (QED) is 0.796. The number of nitrogens with one attached hydrogen (secondary N) is 1. The number of aryl methyl sites for hydroxylation is 1. The fourth-order valence-corrected chi connectivity index (χ4v) is 2.28. The molecule has 1 N–H and O–H groups in total. The van der Waals surface area contributed by atoms with E-state index in [4.69, 9.17) is 23.2 Å². The molecule has 0 amide bonds. The first-order valence-corrected chi connectivity index (χ1v) is 6.88. The molecule has 0 bridgehead atoms. The van der Waals surface area contributed by atoms with Crippen LogP contribution in [0, 0.1) is 6.92 Å². The van der Waals surface area contributed by atoms with Crippen molar-refractivity contribution < 1.29 is 0 Å². The summed E-state index contributed by atoms with van der Waals surface area (Å²) < 4.78 is 1.74. The molecule has 4 nitrogen and oxygen atoms in total. The molecule has 102 valence electrons. The van der Waals surface area contributed by atoms with Crippen LogP contribution in [-0.2, 0) is 6.54 Å². The molecule has 3 rings (SSSR count). The first kappa shape index (κ1) is 13.2. The fraction of sp³-hybridized carbons (Fsp3) is 0.143. The molecule has 20 heavy (non-hydrogen) atoms. The lowest BCUT2D eigenvalue weighted by atomic mass is 10.2. The van der Waals surface area contributed by atoms with E-state index in [-0.39, 0.29) is 0 Å². The number of fused-ring (bicyclic) bond motifs is 1. The van der Waals surface area contributed by atoms with E-state index in [9.17, 15) is 0 Å². The molecule has 0 atom stereocenters. The molecule has 0 aliphatic carbocycles. The molecule has 0 fully saturated rings. The number of imidazole rings is 1. The van der Waals surface area contributed by atoms with Crippen molar-refractivity contribution in [3.63, 3.8) is 0 Å². The van der Waals surface area contributed by atoms with E-state index in [1.54, 1.807) is 16.8 Å². The zero-order valence-electron chi connectivity index (χ0n) is 10.8. The average Bonchev–Trinajstić information content (AvgIpc) is 2.87.